The molecule has 2 nitrogen and oxygen atoms in total. The van der Waals surface area contributed by atoms with Crippen molar-refractivity contribution in [2.75, 3.05) is 0 Å². The second-order valence-electron chi connectivity index (χ2n) is 2.10. The monoisotopic (exact) mass is 131 g/mol. The van der Waals surface area contributed by atoms with Crippen molar-refractivity contribution < 1.29 is 0 Å². The third kappa shape index (κ3) is 1.08. The molecule has 2 radical (unpaired) electrons. The van der Waals surface area contributed by atoms with Gasteiger partial charge in [0.15, 0.2) is 0 Å². The van der Waals surface area contributed by atoms with Crippen molar-refractivity contribution in [1.29, 1.82) is 0 Å². The van der Waals surface area contributed by atoms with E-state index in [1.807, 2.05) is 0 Å². The van der Waals surface area contributed by atoms with Gasteiger partial charge in [0.05, 0.1) is 0 Å². The van der Waals surface area contributed by atoms with E-state index >= 15 is 0 Å². The van der Waals surface area contributed by atoms with E-state index in [9.17, 15) is 4.91 Å². The molecule has 0 saturated carbocycles. The molecule has 0 spiro atoms. The lowest BCUT2D eigenvalue weighted by Gasteiger charge is -1.98. The van der Waals surface area contributed by atoms with Gasteiger partial charge in [-0.2, -0.15) is 0 Å². The summed E-state index contributed by atoms with van der Waals surface area (Å²) in [5.41, 5.74) is 1.60. The number of hydrogen-bond acceptors (Lipinski definition) is 2. The summed E-state index contributed by atoms with van der Waals surface area (Å²) in [4.78, 5) is 10.1. The molecule has 0 N–H and O–H groups in total. The van der Waals surface area contributed by atoms with Gasteiger partial charge in [0.2, 0.25) is 0 Å². The van der Waals surface area contributed by atoms with Gasteiger partial charge in [0.25, 0.3) is 0 Å². The first kappa shape index (κ1) is 7.00. The average Bonchev–Trinajstić information content (AvgIpc) is 1.88. The van der Waals surface area contributed by atoms with Crippen LogP contribution in [0, 0.1) is 11.8 Å². The highest BCUT2D eigenvalue weighted by molar-refractivity contribution is 6.35. The van der Waals surface area contributed by atoms with Crippen molar-refractivity contribution in [2.24, 2.45) is 5.18 Å². The minimum absolute atomic E-state index is 0.350. The third-order valence-corrected chi connectivity index (χ3v) is 1.36. The molecule has 0 atom stereocenters. The Bertz CT molecular complexity index is 240. The predicted molar refractivity (Wildman–Crippen MR) is 42.0 cm³/mol. The molecular weight excluding hydrogens is 125 g/mol. The maximum absolute atomic E-state index is 10.1. The number of rotatable bonds is 1. The highest BCUT2D eigenvalue weighted by atomic mass is 16.3. The zero-order valence-corrected chi connectivity index (χ0v) is 5.66. The minimum Gasteiger partial charge on any atom is -0.145 e. The molecule has 0 bridgehead atoms. The smallest absolute Gasteiger partial charge is 0.117 e. The van der Waals surface area contributed by atoms with E-state index in [1.54, 1.807) is 25.1 Å². The highest BCUT2D eigenvalue weighted by Gasteiger charge is 1.98. The number of aryl methyl sites for hydroxylation is 1. The summed E-state index contributed by atoms with van der Waals surface area (Å²) in [5.74, 6) is 0. The fourth-order valence-electron chi connectivity index (χ4n) is 0.806. The van der Waals surface area contributed by atoms with Crippen molar-refractivity contribution in [3.63, 3.8) is 0 Å². The van der Waals surface area contributed by atoms with Gasteiger partial charge in [-0.15, -0.1) is 4.91 Å². The van der Waals surface area contributed by atoms with Gasteiger partial charge < -0.3 is 0 Å². The van der Waals surface area contributed by atoms with Crippen LogP contribution in [0.5, 0.6) is 0 Å². The molecule has 1 aromatic carbocycles. The highest BCUT2D eigenvalue weighted by Crippen LogP contribution is 2.12. The molecule has 0 saturated heterocycles. The van der Waals surface area contributed by atoms with Crippen LogP contribution in [0.4, 0.5) is 5.69 Å². The van der Waals surface area contributed by atoms with Crippen LogP contribution in [-0.4, -0.2) is 7.85 Å². The van der Waals surface area contributed by atoms with Crippen molar-refractivity contribution in [1.82, 2.24) is 0 Å². The molecular formula is C7H6BNO. The van der Waals surface area contributed by atoms with Crippen molar-refractivity contribution >= 4 is 19.0 Å². The van der Waals surface area contributed by atoms with Crippen LogP contribution >= 0.6 is 0 Å². The van der Waals surface area contributed by atoms with Gasteiger partial charge in [-0.1, -0.05) is 23.7 Å². The Morgan fingerprint density at radius 2 is 2.20 bits per heavy atom. The maximum Gasteiger partial charge on any atom is 0.117 e. The molecule has 3 heteroatoms. The molecule has 0 aromatic heterocycles. The van der Waals surface area contributed by atoms with Crippen molar-refractivity contribution in [3.05, 3.63) is 28.7 Å². The van der Waals surface area contributed by atoms with E-state index in [2.05, 4.69) is 5.18 Å². The summed E-state index contributed by atoms with van der Waals surface area (Å²) in [5, 5.41) is 2.79. The topological polar surface area (TPSA) is 29.4 Å². The first-order valence-corrected chi connectivity index (χ1v) is 2.94. The van der Waals surface area contributed by atoms with Gasteiger partial charge in [-0.25, -0.2) is 0 Å². The van der Waals surface area contributed by atoms with E-state index < -0.39 is 0 Å². The molecule has 1 rings (SSSR count). The van der Waals surface area contributed by atoms with Crippen LogP contribution in [0.15, 0.2) is 23.4 Å². The normalized spacial score (nSPS) is 9.30. The van der Waals surface area contributed by atoms with Gasteiger partial charge in [-0.05, 0) is 17.7 Å². The Morgan fingerprint density at radius 3 is 2.60 bits per heavy atom. The lowest BCUT2D eigenvalue weighted by Crippen LogP contribution is -2.02. The van der Waals surface area contributed by atoms with Crippen LogP contribution in [0.25, 0.3) is 0 Å². The van der Waals surface area contributed by atoms with Gasteiger partial charge in [0, 0.05) is 0 Å². The SMILES string of the molecule is [B]c1cccc(C)c1N=O. The largest absolute Gasteiger partial charge is 0.145 e. The number of hydrogen-bond donors (Lipinski definition) is 0. The van der Waals surface area contributed by atoms with E-state index in [-0.39, 0.29) is 0 Å². The lowest BCUT2D eigenvalue weighted by atomic mass is 9.92. The Balaban J connectivity index is 3.30. The fraction of sp³-hybridized carbons (Fsp3) is 0.143. The molecule has 0 aliphatic carbocycles. The predicted octanol–water partition coefficient (Wildman–Crippen LogP) is 1.19. The van der Waals surface area contributed by atoms with Gasteiger partial charge >= 0.3 is 0 Å². The molecule has 1 aromatic rings. The Hall–Kier alpha value is -1.12. The van der Waals surface area contributed by atoms with Gasteiger partial charge in [0.1, 0.15) is 13.5 Å². The van der Waals surface area contributed by atoms with Crippen LogP contribution in [-0.2, 0) is 0 Å². The van der Waals surface area contributed by atoms with Crippen molar-refractivity contribution in [2.45, 2.75) is 6.92 Å². The first-order valence-electron chi connectivity index (χ1n) is 2.94. The molecule has 0 heterocycles. The summed E-state index contributed by atoms with van der Waals surface area (Å²) in [6, 6.07) is 5.25. The standard InChI is InChI=1S/C7H6BNO/c1-5-3-2-4-6(8)7(5)9-10/h2-4H,1H3. The van der Waals surface area contributed by atoms with E-state index in [1.165, 1.54) is 0 Å². The Morgan fingerprint density at radius 1 is 1.50 bits per heavy atom. The Labute approximate surface area is 60.6 Å². The third-order valence-electron chi connectivity index (χ3n) is 1.36. The number of benzene rings is 1. The van der Waals surface area contributed by atoms with Crippen LogP contribution in [0.3, 0.4) is 0 Å². The van der Waals surface area contributed by atoms with E-state index in [4.69, 9.17) is 7.85 Å². The summed E-state index contributed by atoms with van der Waals surface area (Å²) >= 11 is 0. The molecule has 10 heavy (non-hydrogen) atoms. The summed E-state index contributed by atoms with van der Waals surface area (Å²) in [6.45, 7) is 1.80. The summed E-state index contributed by atoms with van der Waals surface area (Å²) in [6.07, 6.45) is 0. The molecule has 0 aliphatic heterocycles. The Kier molecular flexibility index (Phi) is 1.85. The summed E-state index contributed by atoms with van der Waals surface area (Å²) in [7, 11) is 5.44. The van der Waals surface area contributed by atoms with Crippen LogP contribution in [0.2, 0.25) is 0 Å². The molecule has 0 unspecified atom stereocenters. The number of nitroso groups, excluding NO2 is 1. The molecule has 0 fully saturated rings. The zero-order chi connectivity index (χ0) is 7.56. The van der Waals surface area contributed by atoms with Gasteiger partial charge in [-0.3, -0.25) is 0 Å². The second-order valence-corrected chi connectivity index (χ2v) is 2.10. The van der Waals surface area contributed by atoms with E-state index in [0.717, 1.165) is 5.56 Å². The maximum atomic E-state index is 10.1. The molecule has 0 amide bonds. The molecule has 48 valence electrons. The first-order chi connectivity index (χ1) is 4.75. The summed E-state index contributed by atoms with van der Waals surface area (Å²) < 4.78 is 0. The van der Waals surface area contributed by atoms with Crippen LogP contribution in [0.1, 0.15) is 5.56 Å². The lowest BCUT2D eigenvalue weighted by molar-refractivity contribution is 1.41. The minimum atomic E-state index is 0.350. The second kappa shape index (κ2) is 2.65. The fourth-order valence-corrected chi connectivity index (χ4v) is 0.806. The zero-order valence-electron chi connectivity index (χ0n) is 5.66. The van der Waals surface area contributed by atoms with Crippen LogP contribution < -0.4 is 5.46 Å². The molecule has 0 aliphatic rings. The quantitative estimate of drug-likeness (QED) is 0.415. The van der Waals surface area contributed by atoms with E-state index in [0.29, 0.717) is 11.2 Å². The average molecular weight is 131 g/mol. The number of nitrogens with zero attached hydrogens (tertiary/aromatic N) is 1. The van der Waals surface area contributed by atoms with Crippen molar-refractivity contribution in [3.8, 4) is 0 Å².